The van der Waals surface area contributed by atoms with E-state index < -0.39 is 24.0 Å². The van der Waals surface area contributed by atoms with Gasteiger partial charge in [0.15, 0.2) is 6.10 Å². The zero-order valence-corrected chi connectivity index (χ0v) is 23.0. The summed E-state index contributed by atoms with van der Waals surface area (Å²) in [6.45, 7) is 2.30. The topological polar surface area (TPSA) is 108 Å². The van der Waals surface area contributed by atoms with Gasteiger partial charge in [0.1, 0.15) is 23.9 Å². The van der Waals surface area contributed by atoms with E-state index in [1.54, 1.807) is 116 Å². The molecule has 0 aliphatic heterocycles. The summed E-state index contributed by atoms with van der Waals surface area (Å²) in [4.78, 5) is 36.6. The van der Waals surface area contributed by atoms with Crippen LogP contribution in [0.15, 0.2) is 109 Å². The molecule has 0 bridgehead atoms. The first-order valence-electron chi connectivity index (χ1n) is 13.3. The van der Waals surface area contributed by atoms with Gasteiger partial charge in [0.25, 0.3) is 0 Å². The van der Waals surface area contributed by atoms with Crippen LogP contribution in [-0.2, 0) is 16.0 Å². The molecule has 4 aromatic rings. The third kappa shape index (κ3) is 8.90. The maximum atomic E-state index is 12.6. The van der Waals surface area contributed by atoms with Crippen LogP contribution in [0.5, 0.6) is 17.2 Å². The predicted octanol–water partition coefficient (Wildman–Crippen LogP) is 6.25. The molecule has 0 saturated carbocycles. The third-order valence-electron chi connectivity index (χ3n) is 5.99. The van der Waals surface area contributed by atoms with Crippen LogP contribution in [0, 0.1) is 0 Å². The van der Waals surface area contributed by atoms with Crippen molar-refractivity contribution in [2.24, 2.45) is 0 Å². The molecule has 0 aromatic heterocycles. The van der Waals surface area contributed by atoms with Gasteiger partial charge in [0.2, 0.25) is 0 Å². The maximum absolute atomic E-state index is 12.6. The molecule has 1 atom stereocenters. The van der Waals surface area contributed by atoms with Crippen LogP contribution in [0.2, 0.25) is 0 Å². The van der Waals surface area contributed by atoms with Crippen LogP contribution in [0.25, 0.3) is 6.08 Å². The molecule has 1 N–H and O–H groups in total. The number of aliphatic carboxylic acids is 1. The average molecular weight is 567 g/mol. The molecule has 0 unspecified atom stereocenters. The Kier molecular flexibility index (Phi) is 10.6. The van der Waals surface area contributed by atoms with Crippen molar-refractivity contribution in [2.75, 3.05) is 13.2 Å². The van der Waals surface area contributed by atoms with Gasteiger partial charge in [0.05, 0.1) is 11.1 Å². The molecule has 4 rings (SSSR count). The number of hydrogen-bond donors (Lipinski definition) is 1. The number of ether oxygens (including phenoxy) is 4. The summed E-state index contributed by atoms with van der Waals surface area (Å²) in [5.74, 6) is -1.05. The van der Waals surface area contributed by atoms with Crippen molar-refractivity contribution in [1.29, 1.82) is 0 Å². The lowest BCUT2D eigenvalue weighted by atomic mass is 10.1. The summed E-state index contributed by atoms with van der Waals surface area (Å²) in [5, 5.41) is 9.28. The van der Waals surface area contributed by atoms with Crippen molar-refractivity contribution >= 4 is 24.0 Å². The molecule has 8 heteroatoms. The Bertz CT molecular complexity index is 1440. The first-order chi connectivity index (χ1) is 20.4. The second kappa shape index (κ2) is 15.0. The van der Waals surface area contributed by atoms with Gasteiger partial charge < -0.3 is 24.1 Å². The molecule has 0 saturated heterocycles. The summed E-state index contributed by atoms with van der Waals surface area (Å²) in [5.41, 5.74) is 2.21. The van der Waals surface area contributed by atoms with Crippen molar-refractivity contribution in [3.8, 4) is 17.2 Å². The molecule has 0 spiro atoms. The molecule has 0 aliphatic rings. The van der Waals surface area contributed by atoms with Crippen LogP contribution in [-0.4, -0.2) is 42.3 Å². The van der Waals surface area contributed by atoms with Gasteiger partial charge in [-0.3, -0.25) is 0 Å². The molecular weight excluding hydrogens is 536 g/mol. The SMILES string of the molecule is CCO[C@@H](Cc1ccc(OC/C=C/c2cc(OC(=O)c3ccccc3)cc(OC(=O)c3ccccc3)c2)cc1)C(=O)O. The summed E-state index contributed by atoms with van der Waals surface area (Å²) >= 11 is 0. The number of hydrogen-bond acceptors (Lipinski definition) is 7. The summed E-state index contributed by atoms with van der Waals surface area (Å²) in [6, 6.07) is 29.1. The lowest BCUT2D eigenvalue weighted by Crippen LogP contribution is -2.26. The van der Waals surface area contributed by atoms with Gasteiger partial charge >= 0.3 is 17.9 Å². The highest BCUT2D eigenvalue weighted by atomic mass is 16.5. The van der Waals surface area contributed by atoms with Gasteiger partial charge in [-0.25, -0.2) is 14.4 Å². The number of benzene rings is 4. The van der Waals surface area contributed by atoms with Crippen LogP contribution in [0.4, 0.5) is 0 Å². The minimum Gasteiger partial charge on any atom is -0.490 e. The Labute approximate surface area is 243 Å². The van der Waals surface area contributed by atoms with Crippen molar-refractivity contribution in [1.82, 2.24) is 0 Å². The molecule has 0 radical (unpaired) electrons. The normalized spacial score (nSPS) is 11.5. The van der Waals surface area contributed by atoms with Crippen molar-refractivity contribution in [3.63, 3.8) is 0 Å². The van der Waals surface area contributed by atoms with Gasteiger partial charge in [-0.1, -0.05) is 54.6 Å². The van der Waals surface area contributed by atoms with Gasteiger partial charge in [-0.05, 0) is 72.7 Å². The summed E-state index contributed by atoms with van der Waals surface area (Å²) in [6.07, 6.45) is 2.88. The fraction of sp³-hybridized carbons (Fsp3) is 0.147. The zero-order chi connectivity index (χ0) is 29.7. The first kappa shape index (κ1) is 29.8. The van der Waals surface area contributed by atoms with Crippen molar-refractivity contribution < 1.29 is 38.4 Å². The Morgan fingerprint density at radius 1 is 0.738 bits per heavy atom. The van der Waals surface area contributed by atoms with Crippen LogP contribution in [0.3, 0.4) is 0 Å². The molecule has 0 aliphatic carbocycles. The van der Waals surface area contributed by atoms with Crippen LogP contribution >= 0.6 is 0 Å². The van der Waals surface area contributed by atoms with E-state index in [0.717, 1.165) is 5.56 Å². The highest BCUT2D eigenvalue weighted by molar-refractivity contribution is 5.92. The first-order valence-corrected chi connectivity index (χ1v) is 13.3. The average Bonchev–Trinajstić information content (AvgIpc) is 3.00. The number of carboxylic acid groups (broad SMARTS) is 1. The fourth-order valence-corrected chi connectivity index (χ4v) is 3.97. The predicted molar refractivity (Wildman–Crippen MR) is 157 cm³/mol. The molecular formula is C34H30O8. The molecule has 214 valence electrons. The summed E-state index contributed by atoms with van der Waals surface area (Å²) < 4.78 is 22.2. The largest absolute Gasteiger partial charge is 0.490 e. The smallest absolute Gasteiger partial charge is 0.343 e. The monoisotopic (exact) mass is 566 g/mol. The van der Waals surface area contributed by atoms with Crippen LogP contribution in [0.1, 0.15) is 38.8 Å². The number of esters is 2. The van der Waals surface area contributed by atoms with E-state index in [1.165, 1.54) is 6.07 Å². The molecule has 0 heterocycles. The van der Waals surface area contributed by atoms with E-state index in [9.17, 15) is 19.5 Å². The number of carbonyl (C=O) groups is 3. The quantitative estimate of drug-likeness (QED) is 0.149. The third-order valence-corrected chi connectivity index (χ3v) is 5.99. The van der Waals surface area contributed by atoms with E-state index in [-0.39, 0.29) is 24.5 Å². The maximum Gasteiger partial charge on any atom is 0.343 e. The Balaban J connectivity index is 1.43. The molecule has 0 fully saturated rings. The fourth-order valence-electron chi connectivity index (χ4n) is 3.97. The van der Waals surface area contributed by atoms with Crippen molar-refractivity contribution in [2.45, 2.75) is 19.4 Å². The van der Waals surface area contributed by atoms with E-state index >= 15 is 0 Å². The Morgan fingerprint density at radius 2 is 1.29 bits per heavy atom. The number of rotatable bonds is 13. The molecule has 4 aromatic carbocycles. The Hall–Kier alpha value is -5.21. The zero-order valence-electron chi connectivity index (χ0n) is 23.0. The molecule has 8 nitrogen and oxygen atoms in total. The number of carbonyl (C=O) groups excluding carboxylic acids is 2. The highest BCUT2D eigenvalue weighted by Gasteiger charge is 2.18. The minimum absolute atomic E-state index is 0.213. The lowest BCUT2D eigenvalue weighted by Gasteiger charge is -2.12. The number of carboxylic acids is 1. The second-order valence-electron chi connectivity index (χ2n) is 9.09. The highest BCUT2D eigenvalue weighted by Crippen LogP contribution is 2.26. The van der Waals surface area contributed by atoms with Gasteiger partial charge in [-0.2, -0.15) is 0 Å². The summed E-state index contributed by atoms with van der Waals surface area (Å²) in [7, 11) is 0. The van der Waals surface area contributed by atoms with E-state index in [4.69, 9.17) is 18.9 Å². The van der Waals surface area contributed by atoms with E-state index in [0.29, 0.717) is 29.0 Å². The van der Waals surface area contributed by atoms with Crippen LogP contribution < -0.4 is 14.2 Å². The second-order valence-corrected chi connectivity index (χ2v) is 9.09. The Morgan fingerprint density at radius 3 is 1.79 bits per heavy atom. The molecule has 0 amide bonds. The molecule has 42 heavy (non-hydrogen) atoms. The van der Waals surface area contributed by atoms with Gasteiger partial charge in [-0.15, -0.1) is 0 Å². The lowest BCUT2D eigenvalue weighted by molar-refractivity contribution is -0.149. The van der Waals surface area contributed by atoms with Gasteiger partial charge in [0, 0.05) is 19.1 Å². The standard InChI is InChI=1S/C34H30O8/c1-2-39-31(32(35)36)22-24-15-17-28(18-16-24)40-19-9-10-25-20-29(41-33(37)26-11-5-3-6-12-26)23-30(21-25)42-34(38)27-13-7-4-8-14-27/h3-18,20-21,23,31H,2,19,22H2,1H3,(H,35,36)/b10-9+/t31-/m0/s1. The van der Waals surface area contributed by atoms with Crippen molar-refractivity contribution in [3.05, 3.63) is 131 Å². The van der Waals surface area contributed by atoms with E-state index in [1.807, 2.05) is 0 Å². The van der Waals surface area contributed by atoms with E-state index in [2.05, 4.69) is 0 Å². The minimum atomic E-state index is -1.00.